The minimum absolute atomic E-state index is 0.0662. The Hall–Kier alpha value is -1.88. The van der Waals surface area contributed by atoms with E-state index in [4.69, 9.17) is 0 Å². The maximum absolute atomic E-state index is 12.8. The molecule has 9 nitrogen and oxygen atoms in total. The predicted octanol–water partition coefficient (Wildman–Crippen LogP) is -0.526. The summed E-state index contributed by atoms with van der Waals surface area (Å²) in [5, 5.41) is 2.68. The lowest BCUT2D eigenvalue weighted by Gasteiger charge is -2.30. The molecule has 136 valence electrons. The molecule has 2 fully saturated rings. The molecule has 3 heterocycles. The van der Waals surface area contributed by atoms with Crippen LogP contribution in [0.2, 0.25) is 0 Å². The summed E-state index contributed by atoms with van der Waals surface area (Å²) in [6.07, 6.45) is 1.63. The van der Waals surface area contributed by atoms with Gasteiger partial charge in [-0.1, -0.05) is 0 Å². The van der Waals surface area contributed by atoms with Crippen molar-refractivity contribution in [2.45, 2.75) is 31.8 Å². The van der Waals surface area contributed by atoms with Gasteiger partial charge in [0.15, 0.2) is 0 Å². The minimum atomic E-state index is -0.538. The number of aromatic nitrogens is 2. The van der Waals surface area contributed by atoms with Crippen molar-refractivity contribution in [1.82, 2.24) is 23.9 Å². The van der Waals surface area contributed by atoms with Gasteiger partial charge in [-0.3, -0.25) is 23.6 Å². The van der Waals surface area contributed by atoms with Crippen molar-refractivity contribution < 1.29 is 14.4 Å². The second kappa shape index (κ2) is 7.56. The summed E-state index contributed by atoms with van der Waals surface area (Å²) >= 11 is 2.39. The molecule has 2 N–H and O–H groups in total. The Morgan fingerprint density at radius 3 is 2.84 bits per heavy atom. The van der Waals surface area contributed by atoms with Gasteiger partial charge >= 0.3 is 0 Å². The van der Waals surface area contributed by atoms with Gasteiger partial charge in [0.1, 0.15) is 6.04 Å². The molecular formula is C14H19N5O4S2. The molecule has 1 aromatic rings. The van der Waals surface area contributed by atoms with E-state index in [0.29, 0.717) is 18.2 Å². The van der Waals surface area contributed by atoms with Crippen molar-refractivity contribution >= 4 is 41.2 Å². The normalized spacial score (nSPS) is 23.1. The van der Waals surface area contributed by atoms with Gasteiger partial charge in [0.2, 0.25) is 17.5 Å². The van der Waals surface area contributed by atoms with Crippen LogP contribution in [-0.4, -0.2) is 73.1 Å². The lowest BCUT2D eigenvalue weighted by Crippen LogP contribution is -2.52. The van der Waals surface area contributed by atoms with Gasteiger partial charge in [-0.2, -0.15) is 4.37 Å². The number of thioether (sulfide) groups is 1. The van der Waals surface area contributed by atoms with Crippen LogP contribution in [0.4, 0.5) is 0 Å². The highest BCUT2D eigenvalue weighted by molar-refractivity contribution is 7.99. The summed E-state index contributed by atoms with van der Waals surface area (Å²) in [6, 6.07) is -0.561. The molecule has 2 aliphatic rings. The van der Waals surface area contributed by atoms with Gasteiger partial charge in [0.05, 0.1) is 5.88 Å². The van der Waals surface area contributed by atoms with Crippen LogP contribution in [0.5, 0.6) is 0 Å². The average molecular weight is 385 g/mol. The number of amides is 3. The Balaban J connectivity index is 1.61. The Bertz CT molecular complexity index is 733. The van der Waals surface area contributed by atoms with Crippen LogP contribution in [0.1, 0.15) is 30.3 Å². The van der Waals surface area contributed by atoms with Crippen molar-refractivity contribution in [1.29, 1.82) is 0 Å². The van der Waals surface area contributed by atoms with Gasteiger partial charge in [0.25, 0.3) is 11.5 Å². The van der Waals surface area contributed by atoms with E-state index in [1.807, 2.05) is 0 Å². The van der Waals surface area contributed by atoms with Crippen molar-refractivity contribution in [3.05, 3.63) is 16.0 Å². The summed E-state index contributed by atoms with van der Waals surface area (Å²) in [5.41, 5.74) is -0.669. The topological polar surface area (TPSA) is 115 Å². The summed E-state index contributed by atoms with van der Waals surface area (Å²) in [6.45, 7) is 2.35. The summed E-state index contributed by atoms with van der Waals surface area (Å²) in [7, 11) is 0. The molecule has 0 spiro atoms. The number of H-pyrrole nitrogens is 1. The highest BCUT2D eigenvalue weighted by Crippen LogP contribution is 2.26. The van der Waals surface area contributed by atoms with Gasteiger partial charge in [-0.05, 0) is 12.8 Å². The molecule has 0 bridgehead atoms. The van der Waals surface area contributed by atoms with E-state index in [2.05, 4.69) is 14.1 Å². The molecule has 25 heavy (non-hydrogen) atoms. The number of rotatable bonds is 4. The first kappa shape index (κ1) is 17.9. The summed E-state index contributed by atoms with van der Waals surface area (Å²) in [4.78, 5) is 51.3. The van der Waals surface area contributed by atoms with Crippen LogP contribution in [-0.2, 0) is 9.59 Å². The number of aromatic amines is 1. The molecule has 0 aromatic carbocycles. The lowest BCUT2D eigenvalue weighted by atomic mass is 10.2. The second-order valence-electron chi connectivity index (χ2n) is 6.00. The third-order valence-electron chi connectivity index (χ3n) is 4.44. The lowest BCUT2D eigenvalue weighted by molar-refractivity contribution is -0.142. The molecule has 3 amide bonds. The van der Waals surface area contributed by atoms with Crippen molar-refractivity contribution in [2.75, 3.05) is 24.7 Å². The number of nitrogens with one attached hydrogen (secondary N) is 2. The van der Waals surface area contributed by atoms with Gasteiger partial charge in [0, 0.05) is 43.5 Å². The highest BCUT2D eigenvalue weighted by Gasteiger charge is 2.39. The molecule has 0 saturated carbocycles. The number of hydrogen-bond donors (Lipinski definition) is 2. The molecule has 2 saturated heterocycles. The van der Waals surface area contributed by atoms with E-state index in [9.17, 15) is 19.2 Å². The van der Waals surface area contributed by atoms with Crippen molar-refractivity contribution in [2.24, 2.45) is 0 Å². The van der Waals surface area contributed by atoms with E-state index < -0.39 is 17.5 Å². The van der Waals surface area contributed by atoms with E-state index in [1.165, 1.54) is 6.92 Å². The summed E-state index contributed by atoms with van der Waals surface area (Å²) < 4.78 is 6.11. The number of carbonyl (C=O) groups excluding carboxylic acids is 3. The zero-order chi connectivity index (χ0) is 18.0. The quantitative estimate of drug-likeness (QED) is 0.720. The van der Waals surface area contributed by atoms with Gasteiger partial charge < -0.3 is 15.1 Å². The van der Waals surface area contributed by atoms with Crippen molar-refractivity contribution in [3.63, 3.8) is 0 Å². The number of nitrogens with zero attached hydrogens (tertiary/aromatic N) is 3. The Morgan fingerprint density at radius 1 is 1.36 bits per heavy atom. The average Bonchev–Trinajstić information content (AvgIpc) is 3.31. The molecule has 11 heteroatoms. The van der Waals surface area contributed by atoms with E-state index >= 15 is 0 Å². The van der Waals surface area contributed by atoms with Crippen LogP contribution in [0.15, 0.2) is 4.79 Å². The summed E-state index contributed by atoms with van der Waals surface area (Å²) in [5.74, 6) is 0.428. The molecule has 0 radical (unpaired) electrons. The fourth-order valence-electron chi connectivity index (χ4n) is 3.13. The van der Waals surface area contributed by atoms with Gasteiger partial charge in [-0.15, -0.1) is 11.8 Å². The van der Waals surface area contributed by atoms with E-state index in [-0.39, 0.29) is 30.1 Å². The van der Waals surface area contributed by atoms with Crippen LogP contribution in [0.3, 0.4) is 0 Å². The Labute approximate surface area is 152 Å². The number of hydrogen-bond acceptors (Lipinski definition) is 7. The first-order chi connectivity index (χ1) is 12.0. The largest absolute Gasteiger partial charge is 0.348 e. The molecule has 2 atom stereocenters. The molecule has 0 aliphatic carbocycles. The van der Waals surface area contributed by atoms with Crippen LogP contribution >= 0.6 is 23.5 Å². The van der Waals surface area contributed by atoms with E-state index in [0.717, 1.165) is 24.6 Å². The first-order valence-electron chi connectivity index (χ1n) is 7.97. The third kappa shape index (κ3) is 3.71. The predicted molar refractivity (Wildman–Crippen MR) is 93.4 cm³/mol. The Kier molecular flexibility index (Phi) is 5.42. The third-order valence-corrected chi connectivity index (χ3v) is 6.00. The van der Waals surface area contributed by atoms with Crippen LogP contribution in [0, 0.1) is 0 Å². The zero-order valence-electron chi connectivity index (χ0n) is 13.7. The van der Waals surface area contributed by atoms with Crippen LogP contribution in [0.25, 0.3) is 0 Å². The zero-order valence-corrected chi connectivity index (χ0v) is 15.3. The minimum Gasteiger partial charge on any atom is -0.348 e. The molecule has 1 unspecified atom stereocenters. The fraction of sp³-hybridized carbons (Fsp3) is 0.643. The van der Waals surface area contributed by atoms with Gasteiger partial charge in [-0.25, -0.2) is 0 Å². The smallest absolute Gasteiger partial charge is 0.291 e. The molecule has 2 aliphatic heterocycles. The maximum Gasteiger partial charge on any atom is 0.291 e. The highest BCUT2D eigenvalue weighted by atomic mass is 32.2. The second-order valence-corrected chi connectivity index (χ2v) is 7.57. The fourth-order valence-corrected chi connectivity index (χ4v) is 4.82. The van der Waals surface area contributed by atoms with E-state index in [1.54, 1.807) is 21.6 Å². The molecule has 3 rings (SSSR count). The van der Waals surface area contributed by atoms with Crippen molar-refractivity contribution in [3.8, 4) is 0 Å². The number of likely N-dealkylation sites (tertiary alicyclic amines) is 1. The maximum atomic E-state index is 12.8. The van der Waals surface area contributed by atoms with Crippen LogP contribution < -0.4 is 10.9 Å². The number of carbonyl (C=O) groups is 3. The first-order valence-corrected chi connectivity index (χ1v) is 9.90. The standard InChI is InChI=1S/C14H19N5O4S2/c1-8(20)19-7-24-6-10(19)14(23)18-4-2-3-9(18)5-15-12(21)11-13(22)17-25-16-11/h9-10H,2-7H2,1H3,(H,15,21)(H,17,22)/t9?,10-/m1/s1. The molecular weight excluding hydrogens is 366 g/mol. The monoisotopic (exact) mass is 385 g/mol. The SMILES string of the molecule is CC(=O)N1CSC[C@@H]1C(=O)N1CCCC1CNC(=O)c1ns[nH]c1=O. The Morgan fingerprint density at radius 2 is 2.16 bits per heavy atom. The molecule has 1 aromatic heterocycles.